The molecule has 1 fully saturated rings. The number of methoxy groups -OCH3 is 1. The van der Waals surface area contributed by atoms with Gasteiger partial charge in [-0.1, -0.05) is 12.1 Å². The third-order valence-electron chi connectivity index (χ3n) is 4.15. The number of likely N-dealkylation sites (tertiary alicyclic amines) is 1. The van der Waals surface area contributed by atoms with Crippen molar-refractivity contribution < 1.29 is 9.84 Å². The molecule has 1 aliphatic rings. The molecule has 6 heteroatoms. The van der Waals surface area contributed by atoms with Crippen LogP contribution in [0.2, 0.25) is 0 Å². The van der Waals surface area contributed by atoms with Gasteiger partial charge < -0.3 is 25.0 Å². The van der Waals surface area contributed by atoms with Crippen molar-refractivity contribution in [3.8, 4) is 0 Å². The van der Waals surface area contributed by atoms with E-state index in [9.17, 15) is 5.11 Å². The van der Waals surface area contributed by atoms with E-state index >= 15 is 0 Å². The maximum Gasteiger partial charge on any atom is 0.201 e. The van der Waals surface area contributed by atoms with Crippen molar-refractivity contribution in [3.05, 3.63) is 24.3 Å². The number of imidazole rings is 1. The minimum Gasteiger partial charge on any atom is -0.389 e. The number of aliphatic hydroxyl groups excluding tert-OH is 1. The highest BCUT2D eigenvalue weighted by Crippen LogP contribution is 2.18. The van der Waals surface area contributed by atoms with Crippen molar-refractivity contribution in [2.45, 2.75) is 25.0 Å². The molecule has 0 amide bonds. The van der Waals surface area contributed by atoms with Gasteiger partial charge in [0.25, 0.3) is 0 Å². The SMILES string of the molecule is COCC(O)CN1CCC(Nc2nc3ccccc3[nH]2)CC1. The maximum absolute atomic E-state index is 9.79. The Balaban J connectivity index is 1.49. The number of ether oxygens (including phenoxy) is 1. The molecular formula is C16H24N4O2. The van der Waals surface area contributed by atoms with Gasteiger partial charge in [-0.05, 0) is 25.0 Å². The van der Waals surface area contributed by atoms with Crippen molar-refractivity contribution in [3.63, 3.8) is 0 Å². The molecule has 1 atom stereocenters. The standard InChI is InChI=1S/C16H24N4O2/c1-22-11-13(21)10-20-8-6-12(7-9-20)17-16-18-14-4-2-3-5-15(14)19-16/h2-5,12-13,21H,6-11H2,1H3,(H2,17,18,19). The van der Waals surface area contributed by atoms with Crippen LogP contribution < -0.4 is 5.32 Å². The molecule has 3 rings (SSSR count). The van der Waals surface area contributed by atoms with Crippen molar-refractivity contribution in [1.82, 2.24) is 14.9 Å². The first kappa shape index (κ1) is 15.3. The van der Waals surface area contributed by atoms with Crippen LogP contribution in [0.3, 0.4) is 0 Å². The molecule has 3 N–H and O–H groups in total. The normalized spacial score (nSPS) is 18.6. The Morgan fingerprint density at radius 3 is 2.91 bits per heavy atom. The summed E-state index contributed by atoms with van der Waals surface area (Å²) >= 11 is 0. The van der Waals surface area contributed by atoms with Crippen LogP contribution in [0.25, 0.3) is 11.0 Å². The van der Waals surface area contributed by atoms with Gasteiger partial charge in [0.2, 0.25) is 5.95 Å². The number of nitrogens with zero attached hydrogens (tertiary/aromatic N) is 2. The topological polar surface area (TPSA) is 73.4 Å². The zero-order valence-electron chi connectivity index (χ0n) is 13.0. The zero-order valence-corrected chi connectivity index (χ0v) is 13.0. The van der Waals surface area contributed by atoms with E-state index in [2.05, 4.69) is 20.2 Å². The Morgan fingerprint density at radius 1 is 1.41 bits per heavy atom. The number of nitrogens with one attached hydrogen (secondary N) is 2. The predicted molar refractivity (Wildman–Crippen MR) is 87.1 cm³/mol. The molecule has 0 spiro atoms. The summed E-state index contributed by atoms with van der Waals surface area (Å²) < 4.78 is 4.97. The number of anilines is 1. The van der Waals surface area contributed by atoms with E-state index in [-0.39, 0.29) is 0 Å². The van der Waals surface area contributed by atoms with E-state index < -0.39 is 6.10 Å². The Hall–Kier alpha value is -1.63. The highest BCUT2D eigenvalue weighted by molar-refractivity contribution is 5.77. The molecule has 0 bridgehead atoms. The van der Waals surface area contributed by atoms with Gasteiger partial charge in [0.15, 0.2) is 0 Å². The summed E-state index contributed by atoms with van der Waals surface area (Å²) in [6.45, 7) is 3.06. The van der Waals surface area contributed by atoms with Gasteiger partial charge in [-0.25, -0.2) is 4.98 Å². The van der Waals surface area contributed by atoms with Crippen LogP contribution >= 0.6 is 0 Å². The maximum atomic E-state index is 9.79. The van der Waals surface area contributed by atoms with Crippen molar-refractivity contribution in [1.29, 1.82) is 0 Å². The van der Waals surface area contributed by atoms with Crippen LogP contribution in [0.5, 0.6) is 0 Å². The van der Waals surface area contributed by atoms with E-state index in [4.69, 9.17) is 4.74 Å². The van der Waals surface area contributed by atoms with Crippen molar-refractivity contribution in [2.75, 3.05) is 38.7 Å². The second kappa shape index (κ2) is 7.09. The van der Waals surface area contributed by atoms with Gasteiger partial charge in [-0.3, -0.25) is 0 Å². The molecule has 0 saturated carbocycles. The first-order chi connectivity index (χ1) is 10.7. The molecule has 1 saturated heterocycles. The Morgan fingerprint density at radius 2 is 2.18 bits per heavy atom. The van der Waals surface area contributed by atoms with Crippen LogP contribution in [0.15, 0.2) is 24.3 Å². The molecule has 1 aromatic heterocycles. The molecule has 120 valence electrons. The number of aromatic nitrogens is 2. The number of aliphatic hydroxyl groups is 1. The number of piperidine rings is 1. The van der Waals surface area contributed by atoms with Gasteiger partial charge >= 0.3 is 0 Å². The Labute approximate surface area is 130 Å². The molecule has 22 heavy (non-hydrogen) atoms. The second-order valence-corrected chi connectivity index (χ2v) is 5.93. The van der Waals surface area contributed by atoms with Crippen LogP contribution in [-0.4, -0.2) is 65.5 Å². The highest BCUT2D eigenvalue weighted by Gasteiger charge is 2.21. The molecule has 0 aliphatic carbocycles. The van der Waals surface area contributed by atoms with Gasteiger partial charge in [0.1, 0.15) is 0 Å². The van der Waals surface area contributed by atoms with E-state index in [0.29, 0.717) is 19.2 Å². The summed E-state index contributed by atoms with van der Waals surface area (Å²) in [6, 6.07) is 8.48. The fourth-order valence-corrected chi connectivity index (χ4v) is 3.02. The zero-order chi connectivity index (χ0) is 15.4. The lowest BCUT2D eigenvalue weighted by molar-refractivity contribution is 0.0327. The largest absolute Gasteiger partial charge is 0.389 e. The van der Waals surface area contributed by atoms with Crippen LogP contribution in [0.1, 0.15) is 12.8 Å². The minimum absolute atomic E-state index is 0.398. The minimum atomic E-state index is -0.398. The Bertz CT molecular complexity index is 560. The van der Waals surface area contributed by atoms with E-state index in [0.717, 1.165) is 42.9 Å². The van der Waals surface area contributed by atoms with Crippen molar-refractivity contribution in [2.24, 2.45) is 0 Å². The second-order valence-electron chi connectivity index (χ2n) is 5.93. The highest BCUT2D eigenvalue weighted by atomic mass is 16.5. The molecule has 1 aromatic carbocycles. The lowest BCUT2D eigenvalue weighted by atomic mass is 10.0. The monoisotopic (exact) mass is 304 g/mol. The number of fused-ring (bicyclic) bond motifs is 1. The summed E-state index contributed by atoms with van der Waals surface area (Å²) in [6.07, 6.45) is 1.71. The summed E-state index contributed by atoms with van der Waals surface area (Å²) in [5, 5.41) is 13.3. The smallest absolute Gasteiger partial charge is 0.201 e. The molecule has 2 aromatic rings. The number of hydrogen-bond acceptors (Lipinski definition) is 5. The number of β-amino-alcohol motifs (C(OH)–C–C–N with tert-alkyl or cyclic N) is 1. The number of para-hydroxylation sites is 2. The molecule has 1 unspecified atom stereocenters. The third-order valence-corrected chi connectivity index (χ3v) is 4.15. The fraction of sp³-hybridized carbons (Fsp3) is 0.562. The summed E-state index contributed by atoms with van der Waals surface area (Å²) in [4.78, 5) is 10.2. The number of rotatable bonds is 6. The molecule has 2 heterocycles. The van der Waals surface area contributed by atoms with E-state index in [1.165, 1.54) is 0 Å². The number of benzene rings is 1. The average Bonchev–Trinajstić information content (AvgIpc) is 2.91. The van der Waals surface area contributed by atoms with Gasteiger partial charge in [0.05, 0.1) is 23.7 Å². The fourth-order valence-electron chi connectivity index (χ4n) is 3.02. The third kappa shape index (κ3) is 3.76. The molecular weight excluding hydrogens is 280 g/mol. The molecule has 0 radical (unpaired) electrons. The lowest BCUT2D eigenvalue weighted by Crippen LogP contribution is -2.43. The molecule has 1 aliphatic heterocycles. The van der Waals surface area contributed by atoms with Crippen LogP contribution in [0.4, 0.5) is 5.95 Å². The summed E-state index contributed by atoms with van der Waals surface area (Å²) in [5.41, 5.74) is 2.05. The first-order valence-corrected chi connectivity index (χ1v) is 7.85. The van der Waals surface area contributed by atoms with E-state index in [1.807, 2.05) is 24.3 Å². The van der Waals surface area contributed by atoms with E-state index in [1.54, 1.807) is 7.11 Å². The van der Waals surface area contributed by atoms with Gasteiger partial charge in [0, 0.05) is 32.8 Å². The quantitative estimate of drug-likeness (QED) is 0.753. The van der Waals surface area contributed by atoms with Crippen LogP contribution in [-0.2, 0) is 4.74 Å². The van der Waals surface area contributed by atoms with Crippen molar-refractivity contribution >= 4 is 17.0 Å². The summed E-state index contributed by atoms with van der Waals surface area (Å²) in [5.74, 6) is 0.846. The average molecular weight is 304 g/mol. The number of H-pyrrole nitrogens is 1. The molecule has 6 nitrogen and oxygen atoms in total. The van der Waals surface area contributed by atoms with Crippen LogP contribution in [0, 0.1) is 0 Å². The number of aromatic amines is 1. The van der Waals surface area contributed by atoms with Gasteiger partial charge in [-0.2, -0.15) is 0 Å². The predicted octanol–water partition coefficient (Wildman–Crippen LogP) is 1.45. The number of hydrogen-bond donors (Lipinski definition) is 3. The Kier molecular flexibility index (Phi) is 4.92. The first-order valence-electron chi connectivity index (χ1n) is 7.85. The summed E-state index contributed by atoms with van der Waals surface area (Å²) in [7, 11) is 1.62. The lowest BCUT2D eigenvalue weighted by Gasteiger charge is -2.33. The van der Waals surface area contributed by atoms with Gasteiger partial charge in [-0.15, -0.1) is 0 Å².